The van der Waals surface area contributed by atoms with Crippen molar-refractivity contribution in [1.82, 2.24) is 0 Å². The molecule has 0 bridgehead atoms. The van der Waals surface area contributed by atoms with Gasteiger partial charge in [-0.3, -0.25) is 0 Å². The van der Waals surface area contributed by atoms with Crippen LogP contribution in [0.5, 0.6) is 0 Å². The molecule has 74 valence electrons. The molecular formula is C10H22OTe. The van der Waals surface area contributed by atoms with E-state index in [1.807, 2.05) is 7.11 Å². The van der Waals surface area contributed by atoms with Crippen molar-refractivity contribution in [2.45, 2.75) is 54.6 Å². The van der Waals surface area contributed by atoms with E-state index >= 15 is 0 Å². The SMILES string of the molecule is CCCCCCC(C)(OC)[Te]C. The molecule has 0 spiro atoms. The zero-order valence-electron chi connectivity index (χ0n) is 8.85. The number of hydrogen-bond acceptors (Lipinski definition) is 1. The van der Waals surface area contributed by atoms with E-state index < -0.39 is 0 Å². The van der Waals surface area contributed by atoms with Crippen molar-refractivity contribution in [2.24, 2.45) is 0 Å². The van der Waals surface area contributed by atoms with Gasteiger partial charge in [-0.2, -0.15) is 0 Å². The van der Waals surface area contributed by atoms with Gasteiger partial charge in [0, 0.05) is 0 Å². The van der Waals surface area contributed by atoms with Crippen LogP contribution in [0.1, 0.15) is 46.0 Å². The first-order valence-electron chi connectivity index (χ1n) is 4.79. The quantitative estimate of drug-likeness (QED) is 0.516. The molecule has 0 saturated heterocycles. The van der Waals surface area contributed by atoms with E-state index in [0.717, 1.165) is 0 Å². The van der Waals surface area contributed by atoms with E-state index in [9.17, 15) is 0 Å². The molecule has 0 fully saturated rings. The number of methoxy groups -OCH3 is 1. The van der Waals surface area contributed by atoms with Gasteiger partial charge in [-0.1, -0.05) is 0 Å². The summed E-state index contributed by atoms with van der Waals surface area (Å²) in [6, 6.07) is 0. The van der Waals surface area contributed by atoms with Crippen LogP contribution < -0.4 is 0 Å². The fraction of sp³-hybridized carbons (Fsp3) is 1.00. The average Bonchev–Trinajstić information content (AvgIpc) is 2.12. The monoisotopic (exact) mass is 288 g/mol. The Morgan fingerprint density at radius 3 is 2.33 bits per heavy atom. The van der Waals surface area contributed by atoms with Crippen molar-refractivity contribution in [3.8, 4) is 0 Å². The van der Waals surface area contributed by atoms with Gasteiger partial charge < -0.3 is 0 Å². The van der Waals surface area contributed by atoms with Gasteiger partial charge in [0.25, 0.3) is 0 Å². The van der Waals surface area contributed by atoms with E-state index in [1.54, 1.807) is 0 Å². The van der Waals surface area contributed by atoms with Crippen LogP contribution in [0.15, 0.2) is 0 Å². The Bertz CT molecular complexity index is 100. The molecule has 0 aliphatic heterocycles. The van der Waals surface area contributed by atoms with Gasteiger partial charge in [0.15, 0.2) is 0 Å². The van der Waals surface area contributed by atoms with E-state index in [4.69, 9.17) is 4.74 Å². The van der Waals surface area contributed by atoms with Crippen LogP contribution in [0, 0.1) is 0 Å². The van der Waals surface area contributed by atoms with Crippen LogP contribution >= 0.6 is 0 Å². The van der Waals surface area contributed by atoms with Crippen molar-refractivity contribution in [3.63, 3.8) is 0 Å². The summed E-state index contributed by atoms with van der Waals surface area (Å²) >= 11 is 0.0483. The van der Waals surface area contributed by atoms with Crippen LogP contribution in [-0.2, 0) is 4.74 Å². The molecule has 0 aliphatic carbocycles. The summed E-state index contributed by atoms with van der Waals surface area (Å²) in [7, 11) is 1.86. The molecule has 0 N–H and O–H groups in total. The number of rotatable bonds is 7. The molecule has 0 aliphatic rings. The fourth-order valence-electron chi connectivity index (χ4n) is 1.16. The summed E-state index contributed by atoms with van der Waals surface area (Å²) in [5.41, 5.74) is 0. The number of ether oxygens (including phenoxy) is 1. The van der Waals surface area contributed by atoms with Crippen LogP contribution in [0.25, 0.3) is 0 Å². The molecule has 0 aromatic heterocycles. The standard InChI is InChI=1S/C10H22OTe/c1-5-6-7-8-9-10(2,11-3)12-4/h5-9H2,1-4H3. The molecule has 2 heteroatoms. The predicted octanol–water partition coefficient (Wildman–Crippen LogP) is 3.07. The van der Waals surface area contributed by atoms with Crippen LogP contribution in [0.4, 0.5) is 0 Å². The molecule has 0 saturated carbocycles. The maximum absolute atomic E-state index is 5.52. The molecule has 12 heavy (non-hydrogen) atoms. The second-order valence-corrected chi connectivity index (χ2v) is 6.98. The zero-order chi connectivity index (χ0) is 9.45. The van der Waals surface area contributed by atoms with Crippen LogP contribution in [-0.4, -0.2) is 31.7 Å². The first-order valence-corrected chi connectivity index (χ1v) is 8.28. The van der Waals surface area contributed by atoms with E-state index in [0.29, 0.717) is 0 Å². The molecule has 1 atom stereocenters. The molecule has 0 heterocycles. The van der Waals surface area contributed by atoms with Gasteiger partial charge in [-0.25, -0.2) is 0 Å². The normalized spacial score (nSPS) is 16.0. The molecule has 1 unspecified atom stereocenters. The molecule has 0 radical (unpaired) electrons. The predicted molar refractivity (Wildman–Crippen MR) is 55.8 cm³/mol. The topological polar surface area (TPSA) is 9.23 Å². The molecule has 1 nitrogen and oxygen atoms in total. The minimum atomic E-state index is 0.0483. The summed E-state index contributed by atoms with van der Waals surface area (Å²) < 4.78 is 5.79. The zero-order valence-corrected chi connectivity index (χ0v) is 11.2. The molecule has 0 aromatic carbocycles. The second-order valence-electron chi connectivity index (χ2n) is 3.35. The Labute approximate surface area is 87.3 Å². The van der Waals surface area contributed by atoms with Gasteiger partial charge in [0.2, 0.25) is 0 Å². The fourth-order valence-corrected chi connectivity index (χ4v) is 2.63. The molecule has 0 amide bonds. The third kappa shape index (κ3) is 5.40. The van der Waals surface area contributed by atoms with Crippen LogP contribution in [0.2, 0.25) is 4.97 Å². The van der Waals surface area contributed by atoms with E-state index in [-0.39, 0.29) is 24.6 Å². The summed E-state index contributed by atoms with van der Waals surface area (Å²) in [6.07, 6.45) is 6.69. The van der Waals surface area contributed by atoms with Gasteiger partial charge in [-0.05, 0) is 0 Å². The molecule has 0 aromatic rings. The van der Waals surface area contributed by atoms with Crippen molar-refractivity contribution in [1.29, 1.82) is 0 Å². The van der Waals surface area contributed by atoms with E-state index in [1.165, 1.54) is 32.1 Å². The molecule has 0 rings (SSSR count). The first-order chi connectivity index (χ1) is 5.68. The average molecular weight is 286 g/mol. The molecular weight excluding hydrogens is 264 g/mol. The first kappa shape index (κ1) is 12.7. The van der Waals surface area contributed by atoms with Crippen molar-refractivity contribution >= 4 is 20.9 Å². The Morgan fingerprint density at radius 2 is 1.92 bits per heavy atom. The summed E-state index contributed by atoms with van der Waals surface area (Å²) in [6.45, 7) is 4.52. The van der Waals surface area contributed by atoms with Crippen molar-refractivity contribution in [3.05, 3.63) is 0 Å². The number of hydrogen-bond donors (Lipinski definition) is 0. The maximum atomic E-state index is 5.52. The van der Waals surface area contributed by atoms with Gasteiger partial charge in [-0.15, -0.1) is 0 Å². The van der Waals surface area contributed by atoms with Crippen molar-refractivity contribution in [2.75, 3.05) is 7.11 Å². The van der Waals surface area contributed by atoms with Crippen molar-refractivity contribution < 1.29 is 4.74 Å². The Hall–Kier alpha value is 0.750. The Balaban J connectivity index is 3.45. The Kier molecular flexibility index (Phi) is 7.63. The second kappa shape index (κ2) is 7.18. The Morgan fingerprint density at radius 1 is 1.25 bits per heavy atom. The van der Waals surface area contributed by atoms with Gasteiger partial charge >= 0.3 is 87.3 Å². The minimum absolute atomic E-state index is 0.0483. The summed E-state index contributed by atoms with van der Waals surface area (Å²) in [5, 5.41) is 0. The number of unbranched alkanes of at least 4 members (excludes halogenated alkanes) is 3. The summed E-state index contributed by atoms with van der Waals surface area (Å²) in [4.78, 5) is 2.33. The van der Waals surface area contributed by atoms with E-state index in [2.05, 4.69) is 18.8 Å². The third-order valence-corrected chi connectivity index (χ3v) is 5.87. The van der Waals surface area contributed by atoms with Crippen LogP contribution in [0.3, 0.4) is 0 Å². The third-order valence-electron chi connectivity index (χ3n) is 2.35. The summed E-state index contributed by atoms with van der Waals surface area (Å²) in [5.74, 6) is 0. The van der Waals surface area contributed by atoms with Gasteiger partial charge in [0.1, 0.15) is 0 Å². The van der Waals surface area contributed by atoms with Gasteiger partial charge in [0.05, 0.1) is 0 Å².